The lowest BCUT2D eigenvalue weighted by Crippen LogP contribution is -2.03. The van der Waals surface area contributed by atoms with Crippen molar-refractivity contribution in [2.45, 2.75) is 20.8 Å². The molecule has 0 aliphatic rings. The molecule has 0 spiro atoms. The van der Waals surface area contributed by atoms with Gasteiger partial charge in [-0.25, -0.2) is 0 Å². The van der Waals surface area contributed by atoms with E-state index in [1.54, 1.807) is 0 Å². The van der Waals surface area contributed by atoms with Crippen molar-refractivity contribution in [3.63, 3.8) is 0 Å². The van der Waals surface area contributed by atoms with Gasteiger partial charge in [-0.05, 0) is 38.5 Å². The summed E-state index contributed by atoms with van der Waals surface area (Å²) in [5.74, 6) is 0. The molecule has 0 fully saturated rings. The second-order valence-electron chi connectivity index (χ2n) is 4.36. The smallest absolute Gasteiger partial charge is 0.151 e. The molecule has 0 saturated carbocycles. The Morgan fingerprint density at radius 1 is 1.28 bits per heavy atom. The normalized spacial score (nSPS) is 10.1. The molecular formula is C15H14N2O. The second-order valence-corrected chi connectivity index (χ2v) is 4.36. The van der Waals surface area contributed by atoms with E-state index in [9.17, 15) is 10.1 Å². The highest BCUT2D eigenvalue weighted by Crippen LogP contribution is 2.24. The van der Waals surface area contributed by atoms with Crippen LogP contribution < -0.4 is 0 Å². The average Bonchev–Trinajstić information content (AvgIpc) is 2.64. The lowest BCUT2D eigenvalue weighted by atomic mass is 10.1. The first-order chi connectivity index (χ1) is 8.60. The topological polar surface area (TPSA) is 45.8 Å². The molecule has 1 heterocycles. The van der Waals surface area contributed by atoms with E-state index in [-0.39, 0.29) is 0 Å². The van der Waals surface area contributed by atoms with Gasteiger partial charge in [0.25, 0.3) is 0 Å². The number of rotatable bonds is 2. The molecule has 0 bridgehead atoms. The highest BCUT2D eigenvalue weighted by atomic mass is 16.1. The van der Waals surface area contributed by atoms with Gasteiger partial charge in [0.15, 0.2) is 6.29 Å². The SMILES string of the molecule is Cc1cccc(-n2c(C)cc(C=O)c2C)c1C#N. The lowest BCUT2D eigenvalue weighted by molar-refractivity contribution is 0.112. The van der Waals surface area contributed by atoms with Gasteiger partial charge in [-0.2, -0.15) is 5.26 Å². The van der Waals surface area contributed by atoms with E-state index in [1.165, 1.54) is 0 Å². The van der Waals surface area contributed by atoms with E-state index < -0.39 is 0 Å². The summed E-state index contributed by atoms with van der Waals surface area (Å²) in [5.41, 5.74) is 4.91. The number of hydrogen-bond donors (Lipinski definition) is 0. The maximum absolute atomic E-state index is 11.0. The molecule has 1 aromatic carbocycles. The first-order valence-electron chi connectivity index (χ1n) is 5.74. The number of aromatic nitrogens is 1. The second kappa shape index (κ2) is 4.50. The van der Waals surface area contributed by atoms with Crippen LogP contribution >= 0.6 is 0 Å². The third kappa shape index (κ3) is 1.72. The fourth-order valence-corrected chi connectivity index (χ4v) is 2.26. The van der Waals surface area contributed by atoms with Crippen LogP contribution in [-0.4, -0.2) is 10.9 Å². The molecule has 0 aliphatic heterocycles. The van der Waals surface area contributed by atoms with Crippen molar-refractivity contribution < 1.29 is 4.79 Å². The first-order valence-corrected chi connectivity index (χ1v) is 5.74. The minimum Gasteiger partial charge on any atom is -0.316 e. The number of carbonyl (C=O) groups excluding carboxylic acids is 1. The van der Waals surface area contributed by atoms with E-state index in [4.69, 9.17) is 0 Å². The van der Waals surface area contributed by atoms with Gasteiger partial charge in [0.1, 0.15) is 6.07 Å². The monoisotopic (exact) mass is 238 g/mol. The van der Waals surface area contributed by atoms with Crippen LogP contribution in [-0.2, 0) is 0 Å². The van der Waals surface area contributed by atoms with E-state index >= 15 is 0 Å². The molecule has 0 atom stereocenters. The lowest BCUT2D eigenvalue weighted by Gasteiger charge is -2.12. The molecular weight excluding hydrogens is 224 g/mol. The minimum atomic E-state index is 0.650. The largest absolute Gasteiger partial charge is 0.316 e. The van der Waals surface area contributed by atoms with Gasteiger partial charge in [-0.3, -0.25) is 4.79 Å². The Morgan fingerprint density at radius 2 is 2.00 bits per heavy atom. The van der Waals surface area contributed by atoms with Crippen LogP contribution in [0.25, 0.3) is 5.69 Å². The average molecular weight is 238 g/mol. The van der Waals surface area contributed by atoms with Crippen LogP contribution in [0.3, 0.4) is 0 Å². The summed E-state index contributed by atoms with van der Waals surface area (Å²) in [5, 5.41) is 9.27. The Labute approximate surface area is 106 Å². The number of aryl methyl sites for hydroxylation is 2. The van der Waals surface area contributed by atoms with Crippen LogP contribution in [0, 0.1) is 32.1 Å². The van der Waals surface area contributed by atoms with Crippen molar-refractivity contribution in [3.8, 4) is 11.8 Å². The van der Waals surface area contributed by atoms with Crippen LogP contribution in [0.15, 0.2) is 24.3 Å². The van der Waals surface area contributed by atoms with Gasteiger partial charge in [0.2, 0.25) is 0 Å². The quantitative estimate of drug-likeness (QED) is 0.755. The number of nitriles is 1. The molecule has 0 radical (unpaired) electrons. The molecule has 0 saturated heterocycles. The molecule has 18 heavy (non-hydrogen) atoms. The van der Waals surface area contributed by atoms with Crippen LogP contribution in [0.5, 0.6) is 0 Å². The molecule has 3 nitrogen and oxygen atoms in total. The summed E-state index contributed by atoms with van der Waals surface area (Å²) in [6.07, 6.45) is 0.848. The Bertz CT molecular complexity index is 660. The molecule has 0 amide bonds. The van der Waals surface area contributed by atoms with E-state index in [0.717, 1.165) is 28.9 Å². The zero-order chi connectivity index (χ0) is 13.3. The number of aldehydes is 1. The fourth-order valence-electron chi connectivity index (χ4n) is 2.26. The summed E-state index contributed by atoms with van der Waals surface area (Å²) in [6, 6.07) is 9.81. The number of nitrogens with zero attached hydrogens (tertiary/aromatic N) is 2. The van der Waals surface area contributed by atoms with Crippen molar-refractivity contribution >= 4 is 6.29 Å². The fraction of sp³-hybridized carbons (Fsp3) is 0.200. The van der Waals surface area contributed by atoms with Crippen LogP contribution in [0.4, 0.5) is 0 Å². The van der Waals surface area contributed by atoms with Crippen molar-refractivity contribution in [1.82, 2.24) is 4.57 Å². The van der Waals surface area contributed by atoms with Gasteiger partial charge >= 0.3 is 0 Å². The standard InChI is InChI=1S/C15H14N2O/c1-10-5-4-6-15(14(10)8-16)17-11(2)7-13(9-18)12(17)3/h4-7,9H,1-3H3. The first kappa shape index (κ1) is 12.1. The summed E-state index contributed by atoms with van der Waals surface area (Å²) < 4.78 is 1.95. The Balaban J connectivity index is 2.78. The Morgan fingerprint density at radius 3 is 2.56 bits per heavy atom. The van der Waals surface area contributed by atoms with Gasteiger partial charge in [-0.15, -0.1) is 0 Å². The predicted octanol–water partition coefficient (Wildman–Crippen LogP) is 3.09. The number of benzene rings is 1. The van der Waals surface area contributed by atoms with Crippen LogP contribution in [0.1, 0.15) is 32.9 Å². The molecule has 90 valence electrons. The van der Waals surface area contributed by atoms with E-state index in [0.29, 0.717) is 11.1 Å². The van der Waals surface area contributed by atoms with Gasteiger partial charge in [0, 0.05) is 17.0 Å². The third-order valence-corrected chi connectivity index (χ3v) is 3.20. The minimum absolute atomic E-state index is 0.650. The molecule has 1 aromatic heterocycles. The summed E-state index contributed by atoms with van der Waals surface area (Å²) in [7, 11) is 0. The summed E-state index contributed by atoms with van der Waals surface area (Å²) in [6.45, 7) is 5.74. The molecule has 3 heteroatoms. The van der Waals surface area contributed by atoms with Gasteiger partial charge in [0.05, 0.1) is 11.3 Å². The predicted molar refractivity (Wildman–Crippen MR) is 70.1 cm³/mol. The van der Waals surface area contributed by atoms with Crippen LogP contribution in [0.2, 0.25) is 0 Å². The summed E-state index contributed by atoms with van der Waals surface area (Å²) in [4.78, 5) is 11.0. The van der Waals surface area contributed by atoms with Crippen molar-refractivity contribution in [2.75, 3.05) is 0 Å². The van der Waals surface area contributed by atoms with E-state index in [1.807, 2.05) is 49.6 Å². The molecule has 2 rings (SSSR count). The Kier molecular flexibility index (Phi) is 3.03. The molecule has 0 unspecified atom stereocenters. The highest BCUT2D eigenvalue weighted by Gasteiger charge is 2.13. The van der Waals surface area contributed by atoms with E-state index in [2.05, 4.69) is 6.07 Å². The summed E-state index contributed by atoms with van der Waals surface area (Å²) >= 11 is 0. The number of carbonyl (C=O) groups is 1. The Hall–Kier alpha value is -2.34. The molecule has 0 N–H and O–H groups in total. The van der Waals surface area contributed by atoms with Crippen molar-refractivity contribution in [2.24, 2.45) is 0 Å². The zero-order valence-corrected chi connectivity index (χ0v) is 10.7. The molecule has 0 aliphatic carbocycles. The highest BCUT2D eigenvalue weighted by molar-refractivity contribution is 5.78. The van der Waals surface area contributed by atoms with Crippen molar-refractivity contribution in [3.05, 3.63) is 52.3 Å². The zero-order valence-electron chi connectivity index (χ0n) is 10.7. The van der Waals surface area contributed by atoms with Crippen molar-refractivity contribution in [1.29, 1.82) is 5.26 Å². The maximum atomic E-state index is 11.0. The third-order valence-electron chi connectivity index (χ3n) is 3.20. The maximum Gasteiger partial charge on any atom is 0.151 e. The van der Waals surface area contributed by atoms with Gasteiger partial charge < -0.3 is 4.57 Å². The van der Waals surface area contributed by atoms with Gasteiger partial charge in [-0.1, -0.05) is 12.1 Å². The molecule has 2 aromatic rings. The number of hydrogen-bond acceptors (Lipinski definition) is 2.